The monoisotopic (exact) mass is 569 g/mol. The van der Waals surface area contributed by atoms with E-state index in [2.05, 4.69) is 37.9 Å². The predicted octanol–water partition coefficient (Wildman–Crippen LogP) is 8.81. The summed E-state index contributed by atoms with van der Waals surface area (Å²) in [5.74, 6) is 0.634. The van der Waals surface area contributed by atoms with Crippen LogP contribution in [0.4, 0.5) is 0 Å². The SMILES string of the molecule is N#C/C(=C/c1cc(Br)c(OCc2ccc(Cl)cc2Cl)c(Br)c1)c1cccc(Cl)c1. The number of halogens is 5. The highest BCUT2D eigenvalue weighted by Gasteiger charge is 2.11. The number of hydrogen-bond donors (Lipinski definition) is 0. The molecule has 3 aromatic rings. The van der Waals surface area contributed by atoms with Gasteiger partial charge in [0.05, 0.1) is 20.6 Å². The van der Waals surface area contributed by atoms with Crippen molar-refractivity contribution in [3.8, 4) is 11.8 Å². The molecule has 0 saturated carbocycles. The molecule has 0 amide bonds. The molecule has 2 nitrogen and oxygen atoms in total. The minimum absolute atomic E-state index is 0.286. The van der Waals surface area contributed by atoms with Gasteiger partial charge < -0.3 is 4.74 Å². The van der Waals surface area contributed by atoms with Gasteiger partial charge in [0.2, 0.25) is 0 Å². The van der Waals surface area contributed by atoms with Gasteiger partial charge >= 0.3 is 0 Å². The van der Waals surface area contributed by atoms with E-state index >= 15 is 0 Å². The van der Waals surface area contributed by atoms with Gasteiger partial charge in [-0.05, 0) is 85.5 Å². The van der Waals surface area contributed by atoms with Gasteiger partial charge in [0, 0.05) is 20.6 Å². The number of nitrogens with zero attached hydrogens (tertiary/aromatic N) is 1. The second-order valence-electron chi connectivity index (χ2n) is 6.02. The normalized spacial score (nSPS) is 11.2. The summed E-state index contributed by atoms with van der Waals surface area (Å²) in [6, 6.07) is 18.4. The van der Waals surface area contributed by atoms with Gasteiger partial charge in [-0.2, -0.15) is 5.26 Å². The Kier molecular flexibility index (Phi) is 7.67. The minimum atomic E-state index is 0.286. The molecule has 3 aromatic carbocycles. The van der Waals surface area contributed by atoms with Gasteiger partial charge in [0.15, 0.2) is 0 Å². The van der Waals surface area contributed by atoms with E-state index in [4.69, 9.17) is 39.5 Å². The van der Waals surface area contributed by atoms with Crippen LogP contribution in [-0.4, -0.2) is 0 Å². The van der Waals surface area contributed by atoms with E-state index in [0.717, 1.165) is 25.6 Å². The first kappa shape index (κ1) is 22.2. The quantitative estimate of drug-likeness (QED) is 0.226. The van der Waals surface area contributed by atoms with Crippen molar-refractivity contribution in [1.82, 2.24) is 0 Å². The van der Waals surface area contributed by atoms with Gasteiger partial charge in [-0.1, -0.05) is 53.0 Å². The van der Waals surface area contributed by atoms with Gasteiger partial charge in [-0.3, -0.25) is 0 Å². The number of benzene rings is 3. The Morgan fingerprint density at radius 1 is 0.966 bits per heavy atom. The maximum Gasteiger partial charge on any atom is 0.148 e. The van der Waals surface area contributed by atoms with E-state index in [9.17, 15) is 5.26 Å². The molecule has 29 heavy (non-hydrogen) atoms. The van der Waals surface area contributed by atoms with E-state index < -0.39 is 0 Å². The molecule has 0 aliphatic rings. The number of rotatable bonds is 5. The van der Waals surface area contributed by atoms with Gasteiger partial charge in [0.25, 0.3) is 0 Å². The van der Waals surface area contributed by atoms with Gasteiger partial charge in [-0.25, -0.2) is 0 Å². The van der Waals surface area contributed by atoms with Crippen LogP contribution in [0.3, 0.4) is 0 Å². The third kappa shape index (κ3) is 5.78. The highest BCUT2D eigenvalue weighted by molar-refractivity contribution is 9.11. The van der Waals surface area contributed by atoms with E-state index in [1.165, 1.54) is 0 Å². The molecule has 7 heteroatoms. The second-order valence-corrected chi connectivity index (χ2v) is 9.01. The second kappa shape index (κ2) is 10.0. The summed E-state index contributed by atoms with van der Waals surface area (Å²) < 4.78 is 7.42. The van der Waals surface area contributed by atoms with E-state index in [-0.39, 0.29) is 6.61 Å². The molecular formula is C22H12Br2Cl3NO. The van der Waals surface area contributed by atoms with Crippen LogP contribution >= 0.6 is 66.7 Å². The van der Waals surface area contributed by atoms with Crippen LogP contribution in [0.5, 0.6) is 5.75 Å². The number of allylic oxidation sites excluding steroid dienone is 1. The molecular weight excluding hydrogens is 560 g/mol. The Morgan fingerprint density at radius 2 is 1.66 bits per heavy atom. The zero-order chi connectivity index (χ0) is 21.0. The zero-order valence-corrected chi connectivity index (χ0v) is 20.2. The fraction of sp³-hybridized carbons (Fsp3) is 0.0455. The lowest BCUT2D eigenvalue weighted by Gasteiger charge is -2.13. The Labute approximate surface area is 200 Å². The standard InChI is InChI=1S/C22H12Br2Cl3NO/c23-19-7-13(6-16(11-28)14-2-1-3-17(25)9-14)8-20(24)22(19)29-12-15-4-5-18(26)10-21(15)27/h1-10H,12H2/b16-6-. The summed E-state index contributed by atoms with van der Waals surface area (Å²) in [4.78, 5) is 0. The Morgan fingerprint density at radius 3 is 2.28 bits per heavy atom. The van der Waals surface area contributed by atoms with Crippen LogP contribution in [0.1, 0.15) is 16.7 Å². The Bertz CT molecular complexity index is 1120. The van der Waals surface area contributed by atoms with E-state index in [0.29, 0.717) is 26.4 Å². The Hall–Kier alpha value is -1.48. The van der Waals surface area contributed by atoms with Crippen molar-refractivity contribution in [2.24, 2.45) is 0 Å². The molecule has 146 valence electrons. The average molecular weight is 573 g/mol. The highest BCUT2D eigenvalue weighted by Crippen LogP contribution is 2.37. The number of hydrogen-bond acceptors (Lipinski definition) is 2. The van der Waals surface area contributed by atoms with Crippen molar-refractivity contribution < 1.29 is 4.74 Å². The summed E-state index contributed by atoms with van der Waals surface area (Å²) in [5, 5.41) is 11.2. The van der Waals surface area contributed by atoms with Crippen molar-refractivity contribution in [2.75, 3.05) is 0 Å². The third-order valence-electron chi connectivity index (χ3n) is 3.97. The van der Waals surface area contributed by atoms with Crippen molar-refractivity contribution in [2.45, 2.75) is 6.61 Å². The maximum atomic E-state index is 9.55. The highest BCUT2D eigenvalue weighted by atomic mass is 79.9. The van der Waals surface area contributed by atoms with Crippen molar-refractivity contribution in [1.29, 1.82) is 5.26 Å². The summed E-state index contributed by atoms with van der Waals surface area (Å²) >= 11 is 25.3. The summed E-state index contributed by atoms with van der Waals surface area (Å²) in [6.45, 7) is 0.286. The molecule has 0 aromatic heterocycles. The molecule has 3 rings (SSSR count). The molecule has 0 bridgehead atoms. The molecule has 0 saturated heterocycles. The van der Waals surface area contributed by atoms with Gasteiger partial charge in [0.1, 0.15) is 12.4 Å². The molecule has 0 N–H and O–H groups in total. The van der Waals surface area contributed by atoms with Crippen LogP contribution in [0.2, 0.25) is 15.1 Å². The third-order valence-corrected chi connectivity index (χ3v) is 5.97. The summed E-state index contributed by atoms with van der Waals surface area (Å²) in [6.07, 6.45) is 1.79. The molecule has 0 unspecified atom stereocenters. The van der Waals surface area contributed by atoms with E-state index in [1.54, 1.807) is 30.3 Å². The first-order chi connectivity index (χ1) is 13.9. The summed E-state index contributed by atoms with van der Waals surface area (Å²) in [5.41, 5.74) is 2.92. The van der Waals surface area contributed by atoms with Crippen LogP contribution < -0.4 is 4.74 Å². The molecule has 0 aliphatic carbocycles. The maximum absolute atomic E-state index is 9.55. The van der Waals surface area contributed by atoms with Crippen molar-refractivity contribution in [3.05, 3.63) is 95.3 Å². The van der Waals surface area contributed by atoms with Gasteiger partial charge in [-0.15, -0.1) is 0 Å². The zero-order valence-electron chi connectivity index (χ0n) is 14.7. The minimum Gasteiger partial charge on any atom is -0.486 e. The van der Waals surface area contributed by atoms with Crippen molar-refractivity contribution in [3.63, 3.8) is 0 Å². The lowest BCUT2D eigenvalue weighted by molar-refractivity contribution is 0.302. The molecule has 0 atom stereocenters. The fourth-order valence-electron chi connectivity index (χ4n) is 2.59. The fourth-order valence-corrected chi connectivity index (χ4v) is 4.70. The molecule has 0 heterocycles. The summed E-state index contributed by atoms with van der Waals surface area (Å²) in [7, 11) is 0. The van der Waals surface area contributed by atoms with Crippen LogP contribution in [0.25, 0.3) is 11.6 Å². The average Bonchev–Trinajstić information content (AvgIpc) is 2.67. The Balaban J connectivity index is 1.86. The molecule has 0 aliphatic heterocycles. The topological polar surface area (TPSA) is 33.0 Å². The smallest absolute Gasteiger partial charge is 0.148 e. The molecule has 0 spiro atoms. The molecule has 0 radical (unpaired) electrons. The number of ether oxygens (including phenoxy) is 1. The lowest BCUT2D eigenvalue weighted by Crippen LogP contribution is -1.98. The first-order valence-corrected chi connectivity index (χ1v) is 11.0. The first-order valence-electron chi connectivity index (χ1n) is 8.31. The lowest BCUT2D eigenvalue weighted by atomic mass is 10.0. The van der Waals surface area contributed by atoms with Crippen LogP contribution in [0.15, 0.2) is 63.5 Å². The molecule has 0 fully saturated rings. The predicted molar refractivity (Wildman–Crippen MR) is 128 cm³/mol. The number of nitriles is 1. The van der Waals surface area contributed by atoms with Crippen LogP contribution in [0, 0.1) is 11.3 Å². The largest absolute Gasteiger partial charge is 0.486 e. The van der Waals surface area contributed by atoms with E-state index in [1.807, 2.05) is 30.3 Å². The van der Waals surface area contributed by atoms with Crippen molar-refractivity contribution >= 4 is 78.3 Å². The van der Waals surface area contributed by atoms with Crippen LogP contribution in [-0.2, 0) is 6.61 Å².